The van der Waals surface area contributed by atoms with E-state index in [0.717, 1.165) is 29.7 Å². The maximum absolute atomic E-state index is 12.5. The fraction of sp³-hybridized carbons (Fsp3) is 0.375. The number of ether oxygens (including phenoxy) is 2. The maximum Gasteiger partial charge on any atom is 0.311 e. The summed E-state index contributed by atoms with van der Waals surface area (Å²) in [5.74, 6) is -1.19. The first-order valence-corrected chi connectivity index (χ1v) is 10.5. The predicted octanol–water partition coefficient (Wildman–Crippen LogP) is 3.35. The Morgan fingerprint density at radius 3 is 2.39 bits per heavy atom. The highest BCUT2D eigenvalue weighted by Gasteiger charge is 2.37. The van der Waals surface area contributed by atoms with E-state index in [1.54, 1.807) is 18.2 Å². The Morgan fingerprint density at radius 2 is 1.74 bits per heavy atom. The monoisotopic (exact) mass is 424 g/mol. The summed E-state index contributed by atoms with van der Waals surface area (Å²) in [4.78, 5) is 38.9. The number of benzene rings is 2. The predicted molar refractivity (Wildman–Crippen MR) is 118 cm³/mol. The van der Waals surface area contributed by atoms with Crippen LogP contribution >= 0.6 is 0 Å². The first kappa shape index (κ1) is 22.3. The van der Waals surface area contributed by atoms with Gasteiger partial charge in [-0.2, -0.15) is 0 Å². The molecule has 2 amide bonds. The second kappa shape index (κ2) is 10.1. The summed E-state index contributed by atoms with van der Waals surface area (Å²) < 4.78 is 10.5. The molecular formula is C24H28N2O5. The summed E-state index contributed by atoms with van der Waals surface area (Å²) in [6.07, 6.45) is 1.61. The highest BCUT2D eigenvalue weighted by Crippen LogP contribution is 2.33. The van der Waals surface area contributed by atoms with Crippen LogP contribution in [0.1, 0.15) is 31.4 Å². The molecule has 2 aromatic rings. The van der Waals surface area contributed by atoms with E-state index in [1.807, 2.05) is 38.1 Å². The number of amides is 2. The SMILES string of the molecule is CCc1cccc(CC)c1NC(=O)COC(=O)[C@@H]1CC(=O)N(c2ccccc2OC)C1. The second-order valence-corrected chi connectivity index (χ2v) is 7.39. The fourth-order valence-electron chi connectivity index (χ4n) is 3.78. The van der Waals surface area contributed by atoms with Crippen LogP contribution in [0.4, 0.5) is 11.4 Å². The number of aryl methyl sites for hydroxylation is 2. The van der Waals surface area contributed by atoms with Gasteiger partial charge in [0.2, 0.25) is 5.91 Å². The van der Waals surface area contributed by atoms with Gasteiger partial charge in [-0.05, 0) is 36.1 Å². The maximum atomic E-state index is 12.5. The largest absolute Gasteiger partial charge is 0.495 e. The van der Waals surface area contributed by atoms with E-state index in [4.69, 9.17) is 9.47 Å². The third-order valence-electron chi connectivity index (χ3n) is 5.44. The quantitative estimate of drug-likeness (QED) is 0.657. The van der Waals surface area contributed by atoms with Gasteiger partial charge in [0, 0.05) is 18.7 Å². The van der Waals surface area contributed by atoms with Crippen molar-refractivity contribution >= 4 is 29.2 Å². The number of para-hydroxylation sites is 3. The van der Waals surface area contributed by atoms with Crippen molar-refractivity contribution in [1.29, 1.82) is 0 Å². The smallest absolute Gasteiger partial charge is 0.311 e. The number of nitrogens with zero attached hydrogens (tertiary/aromatic N) is 1. The zero-order valence-electron chi connectivity index (χ0n) is 18.1. The van der Waals surface area contributed by atoms with Crippen LogP contribution in [0.15, 0.2) is 42.5 Å². The number of methoxy groups -OCH3 is 1. The zero-order valence-corrected chi connectivity index (χ0v) is 18.1. The van der Waals surface area contributed by atoms with E-state index in [-0.39, 0.29) is 25.5 Å². The van der Waals surface area contributed by atoms with Gasteiger partial charge in [-0.15, -0.1) is 0 Å². The van der Waals surface area contributed by atoms with Gasteiger partial charge in [0.15, 0.2) is 6.61 Å². The minimum atomic E-state index is -0.626. The van der Waals surface area contributed by atoms with Crippen molar-refractivity contribution < 1.29 is 23.9 Å². The summed E-state index contributed by atoms with van der Waals surface area (Å²) in [7, 11) is 1.53. The van der Waals surface area contributed by atoms with E-state index in [2.05, 4.69) is 5.32 Å². The van der Waals surface area contributed by atoms with Crippen LogP contribution in [0.3, 0.4) is 0 Å². The lowest BCUT2D eigenvalue weighted by Crippen LogP contribution is -2.28. The van der Waals surface area contributed by atoms with Gasteiger partial charge in [0.1, 0.15) is 5.75 Å². The minimum absolute atomic E-state index is 0.0388. The van der Waals surface area contributed by atoms with Crippen LogP contribution in [0.25, 0.3) is 0 Å². The number of carbonyl (C=O) groups is 3. The topological polar surface area (TPSA) is 84.9 Å². The Hall–Kier alpha value is -3.35. The number of hydrogen-bond acceptors (Lipinski definition) is 5. The van der Waals surface area contributed by atoms with Crippen molar-refractivity contribution in [3.63, 3.8) is 0 Å². The first-order valence-electron chi connectivity index (χ1n) is 10.5. The van der Waals surface area contributed by atoms with Gasteiger partial charge in [-0.1, -0.05) is 44.2 Å². The molecule has 31 heavy (non-hydrogen) atoms. The average Bonchev–Trinajstić information content (AvgIpc) is 3.18. The van der Waals surface area contributed by atoms with Crippen LogP contribution in [0.2, 0.25) is 0 Å². The van der Waals surface area contributed by atoms with Crippen LogP contribution in [0.5, 0.6) is 5.75 Å². The highest BCUT2D eigenvalue weighted by atomic mass is 16.5. The summed E-state index contributed by atoms with van der Waals surface area (Å²) in [6, 6.07) is 13.1. The van der Waals surface area contributed by atoms with E-state index in [0.29, 0.717) is 11.4 Å². The van der Waals surface area contributed by atoms with E-state index in [1.165, 1.54) is 12.0 Å². The lowest BCUT2D eigenvalue weighted by molar-refractivity contribution is -0.151. The average molecular weight is 424 g/mol. The van der Waals surface area contributed by atoms with E-state index in [9.17, 15) is 14.4 Å². The molecule has 0 saturated carbocycles. The van der Waals surface area contributed by atoms with E-state index >= 15 is 0 Å². The zero-order chi connectivity index (χ0) is 22.4. The van der Waals surface area contributed by atoms with Crippen molar-refractivity contribution in [3.05, 3.63) is 53.6 Å². The molecule has 2 aromatic carbocycles. The number of esters is 1. The molecule has 7 nitrogen and oxygen atoms in total. The molecule has 0 unspecified atom stereocenters. The molecule has 1 atom stereocenters. The molecule has 0 aliphatic carbocycles. The molecule has 1 N–H and O–H groups in total. The molecule has 1 aliphatic rings. The molecule has 1 fully saturated rings. The van der Waals surface area contributed by atoms with Crippen molar-refractivity contribution in [2.75, 3.05) is 30.5 Å². The summed E-state index contributed by atoms with van der Waals surface area (Å²) in [6.45, 7) is 3.85. The fourth-order valence-corrected chi connectivity index (χ4v) is 3.78. The third kappa shape index (κ3) is 5.05. The number of rotatable bonds is 8. The number of carbonyl (C=O) groups excluding carboxylic acids is 3. The third-order valence-corrected chi connectivity index (χ3v) is 5.44. The molecule has 0 radical (unpaired) electrons. The molecule has 164 valence electrons. The van der Waals surface area contributed by atoms with Crippen molar-refractivity contribution in [3.8, 4) is 5.75 Å². The number of nitrogens with one attached hydrogen (secondary N) is 1. The van der Waals surface area contributed by atoms with Crippen LogP contribution in [0, 0.1) is 5.92 Å². The molecule has 3 rings (SSSR count). The van der Waals surface area contributed by atoms with Crippen LogP contribution < -0.4 is 15.0 Å². The number of hydrogen-bond donors (Lipinski definition) is 1. The molecule has 0 spiro atoms. The first-order chi connectivity index (χ1) is 15.0. The van der Waals surface area contributed by atoms with Crippen LogP contribution in [-0.4, -0.2) is 38.0 Å². The molecule has 0 aromatic heterocycles. The van der Waals surface area contributed by atoms with Gasteiger partial charge < -0.3 is 19.7 Å². The number of anilines is 2. The Balaban J connectivity index is 1.59. The van der Waals surface area contributed by atoms with Crippen molar-refractivity contribution in [1.82, 2.24) is 0 Å². The normalized spacial score (nSPS) is 15.6. The van der Waals surface area contributed by atoms with Crippen LogP contribution in [-0.2, 0) is 32.0 Å². The van der Waals surface area contributed by atoms with Crippen molar-refractivity contribution in [2.45, 2.75) is 33.1 Å². The van der Waals surface area contributed by atoms with Gasteiger partial charge in [-0.3, -0.25) is 14.4 Å². The summed E-state index contributed by atoms with van der Waals surface area (Å²) in [5.41, 5.74) is 3.47. The van der Waals surface area contributed by atoms with Gasteiger partial charge in [0.25, 0.3) is 5.91 Å². The van der Waals surface area contributed by atoms with Gasteiger partial charge >= 0.3 is 5.97 Å². The second-order valence-electron chi connectivity index (χ2n) is 7.39. The van der Waals surface area contributed by atoms with Crippen molar-refractivity contribution in [2.24, 2.45) is 5.92 Å². The molecule has 7 heteroatoms. The molecule has 1 heterocycles. The minimum Gasteiger partial charge on any atom is -0.495 e. The van der Waals surface area contributed by atoms with Gasteiger partial charge in [0.05, 0.1) is 18.7 Å². The summed E-state index contributed by atoms with van der Waals surface area (Å²) in [5, 5.41) is 2.88. The molecule has 1 saturated heterocycles. The Kier molecular flexibility index (Phi) is 7.28. The lowest BCUT2D eigenvalue weighted by atomic mass is 10.0. The van der Waals surface area contributed by atoms with Gasteiger partial charge in [-0.25, -0.2) is 0 Å². The molecule has 1 aliphatic heterocycles. The highest BCUT2D eigenvalue weighted by molar-refractivity contribution is 6.01. The standard InChI is InChI=1S/C24H28N2O5/c1-4-16-9-8-10-17(5-2)23(16)25-21(27)15-31-24(29)18-13-22(28)26(14-18)19-11-6-7-12-20(19)30-3/h6-12,18H,4-5,13-15H2,1-3H3,(H,25,27)/t18-/m1/s1. The van der Waals surface area contributed by atoms with E-state index < -0.39 is 17.8 Å². The molecular weight excluding hydrogens is 396 g/mol. The Labute approximate surface area is 182 Å². The Morgan fingerprint density at radius 1 is 1.06 bits per heavy atom. The summed E-state index contributed by atoms with van der Waals surface area (Å²) >= 11 is 0. The lowest BCUT2D eigenvalue weighted by Gasteiger charge is -2.19. The Bertz CT molecular complexity index is 950. The molecule has 0 bridgehead atoms.